The third-order valence-electron chi connectivity index (χ3n) is 3.89. The van der Waals surface area contributed by atoms with Crippen molar-refractivity contribution in [3.63, 3.8) is 0 Å². The van der Waals surface area contributed by atoms with Crippen molar-refractivity contribution in [1.82, 2.24) is 10.2 Å². The number of nitrogens with one attached hydrogen (secondary N) is 2. The second-order valence-corrected chi connectivity index (χ2v) is 5.51. The zero-order chi connectivity index (χ0) is 16.9. The molecule has 0 bridgehead atoms. The number of amides is 2. The maximum absolute atomic E-state index is 12.5. The molecule has 8 heteroatoms. The van der Waals surface area contributed by atoms with Crippen LogP contribution in [-0.2, 0) is 14.3 Å². The second kappa shape index (κ2) is 7.31. The van der Waals surface area contributed by atoms with E-state index in [-0.39, 0.29) is 18.2 Å². The maximum Gasteiger partial charge on any atom is 0.249 e. The third-order valence-corrected chi connectivity index (χ3v) is 3.89. The monoisotopic (exact) mass is 332 g/mol. The van der Waals surface area contributed by atoms with Crippen LogP contribution in [-0.4, -0.2) is 62.1 Å². The number of aliphatic imine (C=N–C) groups is 1. The number of anilines is 1. The van der Waals surface area contributed by atoms with Gasteiger partial charge in [0, 0.05) is 13.1 Å². The largest absolute Gasteiger partial charge is 0.495 e. The number of para-hydroxylation sites is 2. The molecule has 2 N–H and O–H groups in total. The van der Waals surface area contributed by atoms with E-state index in [9.17, 15) is 9.59 Å². The Balaban J connectivity index is 1.74. The van der Waals surface area contributed by atoms with Crippen LogP contribution in [0.3, 0.4) is 0 Å². The fourth-order valence-electron chi connectivity index (χ4n) is 2.63. The highest BCUT2D eigenvalue weighted by Crippen LogP contribution is 2.23. The molecule has 1 atom stereocenters. The van der Waals surface area contributed by atoms with E-state index in [0.717, 1.165) is 0 Å². The molecule has 1 aromatic rings. The van der Waals surface area contributed by atoms with Crippen molar-refractivity contribution in [3.8, 4) is 5.75 Å². The minimum absolute atomic E-state index is 0.0226. The van der Waals surface area contributed by atoms with E-state index in [4.69, 9.17) is 9.47 Å². The molecule has 1 unspecified atom stereocenters. The van der Waals surface area contributed by atoms with Crippen molar-refractivity contribution < 1.29 is 19.1 Å². The summed E-state index contributed by atoms with van der Waals surface area (Å²) in [5.41, 5.74) is 0.555. The molecule has 3 rings (SSSR count). The number of ether oxygens (including phenoxy) is 2. The Kier molecular flexibility index (Phi) is 4.95. The lowest BCUT2D eigenvalue weighted by Gasteiger charge is -2.32. The first-order chi connectivity index (χ1) is 11.7. The summed E-state index contributed by atoms with van der Waals surface area (Å²) in [6.45, 7) is 2.43. The van der Waals surface area contributed by atoms with Crippen LogP contribution in [0.15, 0.2) is 29.3 Å². The minimum atomic E-state index is -0.762. The molecule has 0 saturated carbocycles. The number of benzene rings is 1. The van der Waals surface area contributed by atoms with Gasteiger partial charge in [-0.2, -0.15) is 0 Å². The number of methoxy groups -OCH3 is 1. The van der Waals surface area contributed by atoms with Crippen LogP contribution >= 0.6 is 0 Å². The number of hydrogen-bond donors (Lipinski definition) is 2. The molecule has 0 spiro atoms. The highest BCUT2D eigenvalue weighted by Gasteiger charge is 2.30. The molecule has 1 aromatic carbocycles. The Hall–Kier alpha value is -2.61. The summed E-state index contributed by atoms with van der Waals surface area (Å²) in [7, 11) is 1.54. The van der Waals surface area contributed by atoms with Gasteiger partial charge in [-0.05, 0) is 12.1 Å². The van der Waals surface area contributed by atoms with Crippen LogP contribution in [0.25, 0.3) is 0 Å². The number of guanidine groups is 1. The number of morpholine rings is 1. The summed E-state index contributed by atoms with van der Waals surface area (Å²) in [5, 5.41) is 5.52. The summed E-state index contributed by atoms with van der Waals surface area (Å²) in [5.74, 6) is 0.449. The molecular formula is C16H20N4O4. The normalized spacial score (nSPS) is 20.9. The van der Waals surface area contributed by atoms with Crippen molar-refractivity contribution in [3.05, 3.63) is 24.3 Å². The highest BCUT2D eigenvalue weighted by molar-refractivity contribution is 6.06. The minimum Gasteiger partial charge on any atom is -0.495 e. The van der Waals surface area contributed by atoms with Crippen LogP contribution in [0, 0.1) is 0 Å². The zero-order valence-electron chi connectivity index (χ0n) is 13.4. The Labute approximate surface area is 139 Å². The molecular weight excluding hydrogens is 312 g/mol. The Morgan fingerprint density at radius 1 is 1.38 bits per heavy atom. The van der Waals surface area contributed by atoms with E-state index in [2.05, 4.69) is 15.6 Å². The van der Waals surface area contributed by atoms with Gasteiger partial charge in [0.1, 0.15) is 11.8 Å². The average Bonchev–Trinajstić information content (AvgIpc) is 2.62. The van der Waals surface area contributed by atoms with Crippen LogP contribution in [0.1, 0.15) is 6.42 Å². The smallest absolute Gasteiger partial charge is 0.249 e. The van der Waals surface area contributed by atoms with Gasteiger partial charge in [0.25, 0.3) is 0 Å². The third kappa shape index (κ3) is 3.65. The molecule has 1 saturated heterocycles. The van der Waals surface area contributed by atoms with Crippen molar-refractivity contribution in [1.29, 1.82) is 0 Å². The number of hydrogen-bond acceptors (Lipinski definition) is 6. The standard InChI is InChI=1S/C16H20N4O4/c1-23-13-5-3-2-4-11(13)17-15(22)12-10-14(21)19-16(18-12)20-6-8-24-9-7-20/h2-5,12H,6-10H2,1H3,(H,17,22)(H,18,19,21). The summed E-state index contributed by atoms with van der Waals surface area (Å²) >= 11 is 0. The summed E-state index contributed by atoms with van der Waals surface area (Å²) < 4.78 is 10.5. The lowest BCUT2D eigenvalue weighted by Crippen LogP contribution is -2.53. The maximum atomic E-state index is 12.5. The van der Waals surface area contributed by atoms with Gasteiger partial charge in [-0.1, -0.05) is 12.1 Å². The van der Waals surface area contributed by atoms with Crippen LogP contribution in [0.5, 0.6) is 5.75 Å². The lowest BCUT2D eigenvalue weighted by atomic mass is 10.1. The SMILES string of the molecule is COc1ccccc1NC(=O)C1CC(=O)NC(N2CCOCC2)=N1. The average molecular weight is 332 g/mol. The van der Waals surface area contributed by atoms with E-state index in [0.29, 0.717) is 43.7 Å². The first kappa shape index (κ1) is 16.3. The number of carbonyl (C=O) groups excluding carboxylic acids is 2. The summed E-state index contributed by atoms with van der Waals surface area (Å²) in [6.07, 6.45) is 0.0226. The quantitative estimate of drug-likeness (QED) is 0.825. The summed E-state index contributed by atoms with van der Waals surface area (Å²) in [4.78, 5) is 30.8. The second-order valence-electron chi connectivity index (χ2n) is 5.51. The van der Waals surface area contributed by atoms with Crippen molar-refractivity contribution in [2.24, 2.45) is 4.99 Å². The van der Waals surface area contributed by atoms with Gasteiger partial charge < -0.3 is 19.7 Å². The molecule has 128 valence electrons. The summed E-state index contributed by atoms with van der Waals surface area (Å²) in [6, 6.07) is 6.35. The topological polar surface area (TPSA) is 92.3 Å². The van der Waals surface area contributed by atoms with Gasteiger partial charge >= 0.3 is 0 Å². The molecule has 0 radical (unpaired) electrons. The Bertz CT molecular complexity index is 655. The predicted octanol–water partition coefficient (Wildman–Crippen LogP) is 0.210. The van der Waals surface area contributed by atoms with E-state index in [1.807, 2.05) is 11.0 Å². The molecule has 1 fully saturated rings. The molecule has 8 nitrogen and oxygen atoms in total. The number of carbonyl (C=O) groups is 2. The van der Waals surface area contributed by atoms with E-state index >= 15 is 0 Å². The lowest BCUT2D eigenvalue weighted by molar-refractivity contribution is -0.125. The number of nitrogens with zero attached hydrogens (tertiary/aromatic N) is 2. The highest BCUT2D eigenvalue weighted by atomic mass is 16.5. The number of rotatable bonds is 3. The zero-order valence-corrected chi connectivity index (χ0v) is 13.4. The molecule has 24 heavy (non-hydrogen) atoms. The van der Waals surface area contributed by atoms with Gasteiger partial charge in [-0.25, -0.2) is 4.99 Å². The van der Waals surface area contributed by atoms with Crippen molar-refractivity contribution >= 4 is 23.5 Å². The molecule has 2 aliphatic rings. The van der Waals surface area contributed by atoms with Crippen LogP contribution < -0.4 is 15.4 Å². The van der Waals surface area contributed by atoms with E-state index < -0.39 is 6.04 Å². The van der Waals surface area contributed by atoms with Gasteiger partial charge in [0.05, 0.1) is 32.4 Å². The van der Waals surface area contributed by atoms with Crippen LogP contribution in [0.2, 0.25) is 0 Å². The first-order valence-corrected chi connectivity index (χ1v) is 7.81. The van der Waals surface area contributed by atoms with Crippen molar-refractivity contribution in [2.45, 2.75) is 12.5 Å². The molecule has 2 heterocycles. The van der Waals surface area contributed by atoms with Gasteiger partial charge in [0.2, 0.25) is 17.8 Å². The predicted molar refractivity (Wildman–Crippen MR) is 88.0 cm³/mol. The molecule has 2 amide bonds. The molecule has 0 aromatic heterocycles. The Morgan fingerprint density at radius 2 is 2.12 bits per heavy atom. The van der Waals surface area contributed by atoms with Crippen LogP contribution in [0.4, 0.5) is 5.69 Å². The Morgan fingerprint density at radius 3 is 2.88 bits per heavy atom. The molecule has 0 aliphatic carbocycles. The van der Waals surface area contributed by atoms with Crippen molar-refractivity contribution in [2.75, 3.05) is 38.7 Å². The fourth-order valence-corrected chi connectivity index (χ4v) is 2.63. The van der Waals surface area contributed by atoms with Gasteiger partial charge in [-0.3, -0.25) is 14.9 Å². The van der Waals surface area contributed by atoms with Gasteiger partial charge in [-0.15, -0.1) is 0 Å². The fraction of sp³-hybridized carbons (Fsp3) is 0.438. The van der Waals surface area contributed by atoms with Gasteiger partial charge in [0.15, 0.2) is 0 Å². The van der Waals surface area contributed by atoms with E-state index in [1.54, 1.807) is 18.2 Å². The molecule has 2 aliphatic heterocycles. The first-order valence-electron chi connectivity index (χ1n) is 7.81. The van der Waals surface area contributed by atoms with E-state index in [1.165, 1.54) is 7.11 Å².